The van der Waals surface area contributed by atoms with Gasteiger partial charge in [-0.15, -0.1) is 11.3 Å². The van der Waals surface area contributed by atoms with Gasteiger partial charge in [-0.05, 0) is 35.6 Å². The van der Waals surface area contributed by atoms with E-state index < -0.39 is 10.0 Å². The zero-order valence-electron chi connectivity index (χ0n) is 12.8. The molecule has 0 saturated heterocycles. The van der Waals surface area contributed by atoms with E-state index in [4.69, 9.17) is 9.47 Å². The van der Waals surface area contributed by atoms with Crippen LogP contribution < -0.4 is 9.47 Å². The summed E-state index contributed by atoms with van der Waals surface area (Å²) >= 11 is 1.22. The maximum absolute atomic E-state index is 12.3. The average molecular weight is 341 g/mol. The van der Waals surface area contributed by atoms with Gasteiger partial charge in [-0.1, -0.05) is 12.1 Å². The fourth-order valence-electron chi connectivity index (χ4n) is 2.01. The Morgan fingerprint density at radius 1 is 1.14 bits per heavy atom. The van der Waals surface area contributed by atoms with E-state index in [2.05, 4.69) is 0 Å². The molecule has 0 saturated carbocycles. The maximum Gasteiger partial charge on any atom is 0.252 e. The average Bonchev–Trinajstić information content (AvgIpc) is 3.07. The van der Waals surface area contributed by atoms with Crippen molar-refractivity contribution >= 4 is 21.4 Å². The summed E-state index contributed by atoms with van der Waals surface area (Å²) in [6.45, 7) is 0.399. The van der Waals surface area contributed by atoms with Crippen LogP contribution in [0.15, 0.2) is 39.9 Å². The first kappa shape index (κ1) is 16.8. The third-order valence-corrected chi connectivity index (χ3v) is 6.55. The number of likely N-dealkylation sites (N-methyl/N-ethyl adjacent to an activating group) is 1. The minimum atomic E-state index is -3.40. The Balaban J connectivity index is 2.07. The Labute approximate surface area is 135 Å². The minimum Gasteiger partial charge on any atom is -0.493 e. The predicted molar refractivity (Wildman–Crippen MR) is 87.4 cm³/mol. The Hall–Kier alpha value is -1.57. The lowest BCUT2D eigenvalue weighted by molar-refractivity contribution is 0.354. The van der Waals surface area contributed by atoms with Crippen molar-refractivity contribution in [2.24, 2.45) is 0 Å². The van der Waals surface area contributed by atoms with Crippen molar-refractivity contribution in [1.29, 1.82) is 0 Å². The van der Waals surface area contributed by atoms with Crippen molar-refractivity contribution < 1.29 is 17.9 Å². The van der Waals surface area contributed by atoms with E-state index >= 15 is 0 Å². The SMILES string of the molecule is COc1ccc(CCN(C)S(=O)(=O)c2cccs2)cc1OC. The molecular formula is C15H19NO4S2. The molecule has 0 spiro atoms. The molecular weight excluding hydrogens is 322 g/mol. The van der Waals surface area contributed by atoms with Crippen molar-refractivity contribution in [3.8, 4) is 11.5 Å². The highest BCUT2D eigenvalue weighted by molar-refractivity contribution is 7.91. The van der Waals surface area contributed by atoms with Crippen LogP contribution in [0.1, 0.15) is 5.56 Å². The summed E-state index contributed by atoms with van der Waals surface area (Å²) in [4.78, 5) is 0. The van der Waals surface area contributed by atoms with Gasteiger partial charge in [0.2, 0.25) is 0 Å². The van der Waals surface area contributed by atoms with E-state index in [1.54, 1.807) is 38.8 Å². The van der Waals surface area contributed by atoms with Crippen LogP contribution in [0.2, 0.25) is 0 Å². The van der Waals surface area contributed by atoms with E-state index in [1.807, 2.05) is 18.2 Å². The molecule has 0 N–H and O–H groups in total. The molecule has 22 heavy (non-hydrogen) atoms. The van der Waals surface area contributed by atoms with Crippen molar-refractivity contribution in [3.63, 3.8) is 0 Å². The Bertz CT molecular complexity index is 711. The minimum absolute atomic E-state index is 0.363. The van der Waals surface area contributed by atoms with Gasteiger partial charge in [0.25, 0.3) is 10.0 Å². The second-order valence-electron chi connectivity index (χ2n) is 4.70. The van der Waals surface area contributed by atoms with Gasteiger partial charge in [-0.3, -0.25) is 0 Å². The molecule has 0 bridgehead atoms. The fourth-order valence-corrected chi connectivity index (χ4v) is 4.38. The lowest BCUT2D eigenvalue weighted by atomic mass is 10.1. The molecule has 0 aliphatic rings. The highest BCUT2D eigenvalue weighted by Gasteiger charge is 2.21. The van der Waals surface area contributed by atoms with Crippen molar-refractivity contribution in [3.05, 3.63) is 41.3 Å². The van der Waals surface area contributed by atoms with Gasteiger partial charge in [-0.25, -0.2) is 8.42 Å². The topological polar surface area (TPSA) is 55.8 Å². The molecule has 0 atom stereocenters. The summed E-state index contributed by atoms with van der Waals surface area (Å²) in [5, 5.41) is 1.76. The summed E-state index contributed by atoms with van der Waals surface area (Å²) < 4.78 is 36.8. The predicted octanol–water partition coefficient (Wildman–Crippen LogP) is 2.63. The van der Waals surface area contributed by atoms with Crippen LogP contribution >= 0.6 is 11.3 Å². The van der Waals surface area contributed by atoms with Crippen molar-refractivity contribution in [2.75, 3.05) is 27.8 Å². The maximum atomic E-state index is 12.3. The summed E-state index contributed by atoms with van der Waals surface area (Å²) in [5.41, 5.74) is 0.992. The molecule has 0 radical (unpaired) electrons. The standard InChI is InChI=1S/C15H19NO4S2/c1-16(22(17,18)15-5-4-10-21-15)9-8-12-6-7-13(19-2)14(11-12)20-3/h4-7,10-11H,8-9H2,1-3H3. The molecule has 120 valence electrons. The molecule has 5 nitrogen and oxygen atoms in total. The van der Waals surface area contributed by atoms with E-state index in [-0.39, 0.29) is 0 Å². The van der Waals surface area contributed by atoms with E-state index in [9.17, 15) is 8.42 Å². The van der Waals surface area contributed by atoms with Gasteiger partial charge in [-0.2, -0.15) is 4.31 Å². The molecule has 0 amide bonds. The number of ether oxygens (including phenoxy) is 2. The van der Waals surface area contributed by atoms with Crippen molar-refractivity contribution in [1.82, 2.24) is 4.31 Å². The molecule has 1 aromatic carbocycles. The molecule has 0 aliphatic heterocycles. The van der Waals surface area contributed by atoms with Gasteiger partial charge < -0.3 is 9.47 Å². The molecule has 2 rings (SSSR count). The number of thiophene rings is 1. The molecule has 0 fully saturated rings. The van der Waals surface area contributed by atoms with Crippen LogP contribution in [-0.2, 0) is 16.4 Å². The summed E-state index contributed by atoms with van der Waals surface area (Å²) in [6.07, 6.45) is 0.599. The molecule has 2 aromatic rings. The highest BCUT2D eigenvalue weighted by Crippen LogP contribution is 2.28. The Morgan fingerprint density at radius 2 is 1.86 bits per heavy atom. The van der Waals surface area contributed by atoms with Gasteiger partial charge in [0.1, 0.15) is 4.21 Å². The Kier molecular flexibility index (Phi) is 5.44. The van der Waals surface area contributed by atoms with Crippen LogP contribution in [0, 0.1) is 0 Å². The quantitative estimate of drug-likeness (QED) is 0.777. The monoisotopic (exact) mass is 341 g/mol. The first-order chi connectivity index (χ1) is 10.5. The third-order valence-electron chi connectivity index (χ3n) is 3.32. The highest BCUT2D eigenvalue weighted by atomic mass is 32.2. The van der Waals surface area contributed by atoms with Crippen LogP contribution in [0.5, 0.6) is 11.5 Å². The number of sulfonamides is 1. The zero-order chi connectivity index (χ0) is 16.2. The molecule has 0 unspecified atom stereocenters. The van der Waals surface area contributed by atoms with Gasteiger partial charge in [0.15, 0.2) is 11.5 Å². The number of nitrogens with zero attached hydrogens (tertiary/aromatic N) is 1. The second kappa shape index (κ2) is 7.13. The first-order valence-electron chi connectivity index (χ1n) is 6.69. The van der Waals surface area contributed by atoms with E-state index in [1.165, 1.54) is 15.6 Å². The molecule has 1 heterocycles. The van der Waals surface area contributed by atoms with E-state index in [0.29, 0.717) is 28.7 Å². The molecule has 0 aliphatic carbocycles. The number of hydrogen-bond acceptors (Lipinski definition) is 5. The Morgan fingerprint density at radius 3 is 2.45 bits per heavy atom. The zero-order valence-corrected chi connectivity index (χ0v) is 14.4. The summed E-state index contributed by atoms with van der Waals surface area (Å²) in [7, 11) is 1.36. The lowest BCUT2D eigenvalue weighted by Crippen LogP contribution is -2.28. The molecule has 1 aromatic heterocycles. The van der Waals surface area contributed by atoms with Gasteiger partial charge >= 0.3 is 0 Å². The smallest absolute Gasteiger partial charge is 0.252 e. The largest absolute Gasteiger partial charge is 0.493 e. The van der Waals surface area contributed by atoms with Crippen LogP contribution in [0.25, 0.3) is 0 Å². The number of methoxy groups -OCH3 is 2. The number of hydrogen-bond donors (Lipinski definition) is 0. The van der Waals surface area contributed by atoms with Crippen LogP contribution in [-0.4, -0.2) is 40.5 Å². The van der Waals surface area contributed by atoms with E-state index in [0.717, 1.165) is 5.56 Å². The van der Waals surface area contributed by atoms with Crippen LogP contribution in [0.3, 0.4) is 0 Å². The summed E-state index contributed by atoms with van der Waals surface area (Å²) in [5.74, 6) is 1.30. The fraction of sp³-hybridized carbons (Fsp3) is 0.333. The van der Waals surface area contributed by atoms with Crippen molar-refractivity contribution in [2.45, 2.75) is 10.6 Å². The number of benzene rings is 1. The molecule has 7 heteroatoms. The van der Waals surface area contributed by atoms with Gasteiger partial charge in [0.05, 0.1) is 14.2 Å². The normalized spacial score (nSPS) is 11.6. The lowest BCUT2D eigenvalue weighted by Gasteiger charge is -2.16. The summed E-state index contributed by atoms with van der Waals surface area (Å²) in [6, 6.07) is 8.95. The first-order valence-corrected chi connectivity index (χ1v) is 9.01. The van der Waals surface area contributed by atoms with Gasteiger partial charge in [0, 0.05) is 13.6 Å². The third kappa shape index (κ3) is 3.60. The second-order valence-corrected chi connectivity index (χ2v) is 7.92. The van der Waals surface area contributed by atoms with Crippen LogP contribution in [0.4, 0.5) is 0 Å². The number of rotatable bonds is 7.